The molecule has 0 radical (unpaired) electrons. The van der Waals surface area contributed by atoms with E-state index in [1.54, 1.807) is 12.1 Å². The first-order valence-electron chi connectivity index (χ1n) is 5.14. The van der Waals surface area contributed by atoms with E-state index in [-0.39, 0.29) is 11.5 Å². The zero-order chi connectivity index (χ0) is 13.0. The predicted octanol–water partition coefficient (Wildman–Crippen LogP) is 2.67. The van der Waals surface area contributed by atoms with Crippen LogP contribution in [-0.4, -0.2) is 22.3 Å². The van der Waals surface area contributed by atoms with Gasteiger partial charge in [0.1, 0.15) is 11.5 Å². The van der Waals surface area contributed by atoms with Crippen molar-refractivity contribution >= 4 is 17.9 Å². The number of aliphatic imine (C=N–C) groups is 1. The van der Waals surface area contributed by atoms with Crippen LogP contribution in [0.1, 0.15) is 16.1 Å². The first-order chi connectivity index (χ1) is 8.65. The summed E-state index contributed by atoms with van der Waals surface area (Å²) in [5.41, 5.74) is 1.08. The summed E-state index contributed by atoms with van der Waals surface area (Å²) in [5, 5.41) is 8.67. The minimum absolute atomic E-state index is 0.0419. The minimum Gasteiger partial charge on any atom is -0.477 e. The second-order valence-electron chi connectivity index (χ2n) is 3.52. The molecule has 1 aromatic heterocycles. The molecule has 0 atom stereocenters. The Hall–Kier alpha value is -2.56. The Labute approximate surface area is 102 Å². The lowest BCUT2D eigenvalue weighted by Crippen LogP contribution is -1.98. The lowest BCUT2D eigenvalue weighted by molar-refractivity contribution is 0.0690. The number of aromatic nitrogens is 1. The average Bonchev–Trinajstić information content (AvgIpc) is 2.37. The van der Waals surface area contributed by atoms with Gasteiger partial charge in [0.2, 0.25) is 0 Å². The SMILES string of the molecule is O=C(O)c1ccc(N=Cc2cccc(F)c2)cn1. The standard InChI is InChI=1S/C13H9FN2O2/c14-10-3-1-2-9(6-10)7-15-11-4-5-12(13(17)18)16-8-11/h1-8H,(H,17,18). The number of carboxylic acid groups (broad SMARTS) is 1. The van der Waals surface area contributed by atoms with Crippen LogP contribution in [-0.2, 0) is 0 Å². The fourth-order valence-corrected chi connectivity index (χ4v) is 1.32. The highest BCUT2D eigenvalue weighted by molar-refractivity contribution is 5.86. The molecule has 0 aliphatic carbocycles. The van der Waals surface area contributed by atoms with E-state index in [0.717, 1.165) is 0 Å². The summed E-state index contributed by atoms with van der Waals surface area (Å²) >= 11 is 0. The molecule has 4 nitrogen and oxygen atoms in total. The molecule has 18 heavy (non-hydrogen) atoms. The maximum atomic E-state index is 12.9. The summed E-state index contributed by atoms with van der Waals surface area (Å²) in [6.07, 6.45) is 2.83. The van der Waals surface area contributed by atoms with Crippen molar-refractivity contribution in [2.75, 3.05) is 0 Å². The number of carboxylic acids is 1. The van der Waals surface area contributed by atoms with E-state index in [0.29, 0.717) is 11.3 Å². The van der Waals surface area contributed by atoms with Gasteiger partial charge in [0, 0.05) is 6.21 Å². The quantitative estimate of drug-likeness (QED) is 0.844. The van der Waals surface area contributed by atoms with Crippen LogP contribution in [0.25, 0.3) is 0 Å². The van der Waals surface area contributed by atoms with Gasteiger partial charge in [0.05, 0.1) is 11.9 Å². The maximum absolute atomic E-state index is 12.9. The van der Waals surface area contributed by atoms with Crippen LogP contribution >= 0.6 is 0 Å². The fraction of sp³-hybridized carbons (Fsp3) is 0. The zero-order valence-electron chi connectivity index (χ0n) is 9.25. The van der Waals surface area contributed by atoms with Gasteiger partial charge in [-0.1, -0.05) is 12.1 Å². The third-order valence-electron chi connectivity index (χ3n) is 2.18. The van der Waals surface area contributed by atoms with E-state index in [9.17, 15) is 9.18 Å². The highest BCUT2D eigenvalue weighted by Gasteiger charge is 2.02. The third kappa shape index (κ3) is 2.98. The largest absolute Gasteiger partial charge is 0.477 e. The van der Waals surface area contributed by atoms with Crippen molar-refractivity contribution in [1.29, 1.82) is 0 Å². The highest BCUT2D eigenvalue weighted by Crippen LogP contribution is 2.11. The second-order valence-corrected chi connectivity index (χ2v) is 3.52. The Bertz CT molecular complexity index is 594. The van der Waals surface area contributed by atoms with Crippen LogP contribution in [0, 0.1) is 5.82 Å². The van der Waals surface area contributed by atoms with Crippen molar-refractivity contribution in [2.45, 2.75) is 0 Å². The van der Waals surface area contributed by atoms with Crippen LogP contribution in [0.3, 0.4) is 0 Å². The van der Waals surface area contributed by atoms with Gasteiger partial charge < -0.3 is 5.11 Å². The lowest BCUT2D eigenvalue weighted by atomic mass is 10.2. The van der Waals surface area contributed by atoms with Gasteiger partial charge >= 0.3 is 5.97 Å². The molecule has 2 aromatic rings. The molecule has 0 bridgehead atoms. The van der Waals surface area contributed by atoms with Crippen LogP contribution < -0.4 is 0 Å². The first-order valence-corrected chi connectivity index (χ1v) is 5.14. The normalized spacial score (nSPS) is 10.7. The first kappa shape index (κ1) is 11.9. The average molecular weight is 244 g/mol. The fourth-order valence-electron chi connectivity index (χ4n) is 1.32. The van der Waals surface area contributed by atoms with E-state index in [1.807, 2.05) is 0 Å². The van der Waals surface area contributed by atoms with Gasteiger partial charge in [-0.25, -0.2) is 14.2 Å². The number of carbonyl (C=O) groups is 1. The number of benzene rings is 1. The molecule has 0 aliphatic rings. The predicted molar refractivity (Wildman–Crippen MR) is 64.9 cm³/mol. The number of aromatic carboxylic acids is 1. The Kier molecular flexibility index (Phi) is 3.43. The molecule has 1 heterocycles. The zero-order valence-corrected chi connectivity index (χ0v) is 9.25. The van der Waals surface area contributed by atoms with Crippen molar-refractivity contribution < 1.29 is 14.3 Å². The summed E-state index contributed by atoms with van der Waals surface area (Å²) < 4.78 is 12.9. The lowest BCUT2D eigenvalue weighted by Gasteiger charge is -1.96. The van der Waals surface area contributed by atoms with Crippen LogP contribution in [0.2, 0.25) is 0 Å². The van der Waals surface area contributed by atoms with E-state index < -0.39 is 5.97 Å². The van der Waals surface area contributed by atoms with E-state index in [2.05, 4.69) is 9.98 Å². The molecule has 0 amide bonds. The Balaban J connectivity index is 2.16. The number of rotatable bonds is 3. The van der Waals surface area contributed by atoms with E-state index >= 15 is 0 Å². The molecule has 5 heteroatoms. The van der Waals surface area contributed by atoms with E-state index in [1.165, 1.54) is 36.7 Å². The summed E-state index contributed by atoms with van der Waals surface area (Å²) in [5.74, 6) is -1.42. The topological polar surface area (TPSA) is 62.5 Å². The molecule has 0 aliphatic heterocycles. The maximum Gasteiger partial charge on any atom is 0.354 e. The summed E-state index contributed by atoms with van der Waals surface area (Å²) in [7, 11) is 0. The smallest absolute Gasteiger partial charge is 0.354 e. The minimum atomic E-state index is -1.09. The van der Waals surface area contributed by atoms with Gasteiger partial charge in [0.25, 0.3) is 0 Å². The van der Waals surface area contributed by atoms with Crippen molar-refractivity contribution in [3.05, 3.63) is 59.7 Å². The van der Waals surface area contributed by atoms with Crippen molar-refractivity contribution in [3.8, 4) is 0 Å². The molecular weight excluding hydrogens is 235 g/mol. The number of hydrogen-bond acceptors (Lipinski definition) is 3. The molecule has 0 saturated carbocycles. The van der Waals surface area contributed by atoms with Crippen LogP contribution in [0.15, 0.2) is 47.6 Å². The van der Waals surface area contributed by atoms with Gasteiger partial charge in [0.15, 0.2) is 0 Å². The molecule has 0 fully saturated rings. The Morgan fingerprint density at radius 2 is 2.17 bits per heavy atom. The second kappa shape index (κ2) is 5.18. The van der Waals surface area contributed by atoms with Gasteiger partial charge in [-0.3, -0.25) is 4.99 Å². The molecule has 2 rings (SSSR count). The van der Waals surface area contributed by atoms with E-state index in [4.69, 9.17) is 5.11 Å². The molecule has 0 saturated heterocycles. The highest BCUT2D eigenvalue weighted by atomic mass is 19.1. The number of nitrogens with zero attached hydrogens (tertiary/aromatic N) is 2. The van der Waals surface area contributed by atoms with Crippen LogP contribution in [0.4, 0.5) is 10.1 Å². The van der Waals surface area contributed by atoms with Gasteiger partial charge in [-0.05, 0) is 29.8 Å². The number of hydrogen-bond donors (Lipinski definition) is 1. The molecule has 0 unspecified atom stereocenters. The summed E-state index contributed by atoms with van der Waals surface area (Å²) in [4.78, 5) is 18.4. The Morgan fingerprint density at radius 3 is 2.78 bits per heavy atom. The van der Waals surface area contributed by atoms with Crippen molar-refractivity contribution in [3.63, 3.8) is 0 Å². The molecule has 0 spiro atoms. The number of halogens is 1. The van der Waals surface area contributed by atoms with Crippen molar-refractivity contribution in [1.82, 2.24) is 4.98 Å². The number of pyridine rings is 1. The molecule has 90 valence electrons. The van der Waals surface area contributed by atoms with Crippen molar-refractivity contribution in [2.24, 2.45) is 4.99 Å². The third-order valence-corrected chi connectivity index (χ3v) is 2.18. The Morgan fingerprint density at radius 1 is 1.33 bits per heavy atom. The monoisotopic (exact) mass is 244 g/mol. The summed E-state index contributed by atoms with van der Waals surface area (Å²) in [6, 6.07) is 8.89. The molecular formula is C13H9FN2O2. The van der Waals surface area contributed by atoms with Crippen LogP contribution in [0.5, 0.6) is 0 Å². The van der Waals surface area contributed by atoms with Gasteiger partial charge in [-0.2, -0.15) is 0 Å². The van der Waals surface area contributed by atoms with Gasteiger partial charge in [-0.15, -0.1) is 0 Å². The molecule has 1 aromatic carbocycles. The molecule has 1 N–H and O–H groups in total. The summed E-state index contributed by atoms with van der Waals surface area (Å²) in [6.45, 7) is 0.